The molecule has 3 rings (SSSR count). The topological polar surface area (TPSA) is 0 Å². The molecule has 0 aromatic carbocycles. The Hall–Kier alpha value is -0.820. The number of rotatable bonds is 1. The van der Waals surface area contributed by atoms with Gasteiger partial charge in [0.2, 0.25) is 0 Å². The minimum absolute atomic E-state index is 0.917. The minimum atomic E-state index is 0.917. The Bertz CT molecular complexity index is 303. The van der Waals surface area contributed by atoms with Crippen molar-refractivity contribution in [2.45, 2.75) is 38.0 Å². The van der Waals surface area contributed by atoms with Gasteiger partial charge in [-0.1, -0.05) is 43.2 Å². The molecule has 2 aliphatic rings. The Balaban J connectivity index is 0.000000144. The standard InChI is InChI=1S/C9H12S.C5H6/c1-2-5-8(4-1)9-6-3-7-10-9;1-2-4-5-3-1/h3,6-8H,1-2,4-5H2;1-4H,5H2. The summed E-state index contributed by atoms with van der Waals surface area (Å²) in [5.41, 5.74) is 0. The van der Waals surface area contributed by atoms with Gasteiger partial charge >= 0.3 is 0 Å². The van der Waals surface area contributed by atoms with Crippen LogP contribution < -0.4 is 0 Å². The van der Waals surface area contributed by atoms with Gasteiger partial charge in [-0.2, -0.15) is 0 Å². The normalized spacial score (nSPS) is 19.2. The maximum absolute atomic E-state index is 2.28. The first kappa shape index (κ1) is 10.7. The zero-order chi connectivity index (χ0) is 10.3. The van der Waals surface area contributed by atoms with Crippen molar-refractivity contribution in [3.63, 3.8) is 0 Å². The summed E-state index contributed by atoms with van der Waals surface area (Å²) in [4.78, 5) is 1.61. The third-order valence-corrected chi connectivity index (χ3v) is 3.99. The van der Waals surface area contributed by atoms with Crippen LogP contribution >= 0.6 is 11.3 Å². The van der Waals surface area contributed by atoms with E-state index >= 15 is 0 Å². The molecule has 0 saturated heterocycles. The lowest BCUT2D eigenvalue weighted by Gasteiger charge is -2.03. The summed E-state index contributed by atoms with van der Waals surface area (Å²) in [5.74, 6) is 0.917. The highest BCUT2D eigenvalue weighted by molar-refractivity contribution is 7.10. The van der Waals surface area contributed by atoms with Gasteiger partial charge in [-0.3, -0.25) is 0 Å². The summed E-state index contributed by atoms with van der Waals surface area (Å²) in [6, 6.07) is 4.44. The first-order valence-electron chi connectivity index (χ1n) is 5.82. The predicted molar refractivity (Wildman–Crippen MR) is 68.4 cm³/mol. The molecule has 1 fully saturated rings. The second kappa shape index (κ2) is 5.92. The second-order valence-corrected chi connectivity index (χ2v) is 5.07. The van der Waals surface area contributed by atoms with Crippen LogP contribution in [0.2, 0.25) is 0 Å². The van der Waals surface area contributed by atoms with Crippen molar-refractivity contribution in [1.29, 1.82) is 0 Å². The van der Waals surface area contributed by atoms with E-state index in [2.05, 4.69) is 41.8 Å². The van der Waals surface area contributed by atoms with Gasteiger partial charge in [-0.15, -0.1) is 11.3 Å². The van der Waals surface area contributed by atoms with Gasteiger partial charge in [0.05, 0.1) is 0 Å². The van der Waals surface area contributed by atoms with Crippen LogP contribution in [0.1, 0.15) is 42.9 Å². The van der Waals surface area contributed by atoms with Crippen molar-refractivity contribution in [3.05, 3.63) is 46.7 Å². The van der Waals surface area contributed by atoms with Gasteiger partial charge in [0.1, 0.15) is 0 Å². The third-order valence-electron chi connectivity index (χ3n) is 2.96. The van der Waals surface area contributed by atoms with Crippen LogP contribution in [0.15, 0.2) is 41.8 Å². The van der Waals surface area contributed by atoms with Crippen LogP contribution in [-0.2, 0) is 0 Å². The van der Waals surface area contributed by atoms with E-state index in [1.54, 1.807) is 4.88 Å². The highest BCUT2D eigenvalue weighted by Crippen LogP contribution is 2.35. The monoisotopic (exact) mass is 218 g/mol. The van der Waals surface area contributed by atoms with E-state index in [1.165, 1.54) is 25.7 Å². The largest absolute Gasteiger partial charge is 0.149 e. The lowest BCUT2D eigenvalue weighted by molar-refractivity contribution is 0.738. The van der Waals surface area contributed by atoms with Crippen molar-refractivity contribution in [1.82, 2.24) is 0 Å². The van der Waals surface area contributed by atoms with E-state index in [9.17, 15) is 0 Å². The van der Waals surface area contributed by atoms with E-state index in [-0.39, 0.29) is 0 Å². The van der Waals surface area contributed by atoms with Crippen LogP contribution in [-0.4, -0.2) is 0 Å². The highest BCUT2D eigenvalue weighted by atomic mass is 32.1. The van der Waals surface area contributed by atoms with Crippen molar-refractivity contribution in [3.8, 4) is 0 Å². The Morgan fingerprint density at radius 2 is 1.80 bits per heavy atom. The van der Waals surface area contributed by atoms with Crippen LogP contribution in [0.5, 0.6) is 0 Å². The zero-order valence-corrected chi connectivity index (χ0v) is 9.88. The van der Waals surface area contributed by atoms with Crippen molar-refractivity contribution in [2.75, 3.05) is 0 Å². The van der Waals surface area contributed by atoms with Crippen molar-refractivity contribution >= 4 is 11.3 Å². The number of hydrogen-bond acceptors (Lipinski definition) is 1. The molecule has 0 spiro atoms. The summed E-state index contributed by atoms with van der Waals surface area (Å²) in [6.45, 7) is 0. The average molecular weight is 218 g/mol. The predicted octanol–water partition coefficient (Wildman–Crippen LogP) is 4.91. The second-order valence-electron chi connectivity index (χ2n) is 4.09. The van der Waals surface area contributed by atoms with Gasteiger partial charge < -0.3 is 0 Å². The molecule has 1 aromatic rings. The fraction of sp³-hybridized carbons (Fsp3) is 0.429. The molecule has 1 aromatic heterocycles. The lowest BCUT2D eigenvalue weighted by Crippen LogP contribution is -1.85. The molecular weight excluding hydrogens is 200 g/mol. The molecule has 0 unspecified atom stereocenters. The molecule has 15 heavy (non-hydrogen) atoms. The number of allylic oxidation sites excluding steroid dienone is 4. The molecule has 2 aliphatic carbocycles. The minimum Gasteiger partial charge on any atom is -0.149 e. The van der Waals surface area contributed by atoms with E-state index in [4.69, 9.17) is 0 Å². The molecule has 0 nitrogen and oxygen atoms in total. The molecule has 80 valence electrons. The zero-order valence-electron chi connectivity index (χ0n) is 9.06. The van der Waals surface area contributed by atoms with E-state index in [1.807, 2.05) is 11.3 Å². The molecule has 0 N–H and O–H groups in total. The van der Waals surface area contributed by atoms with Crippen LogP contribution in [0.3, 0.4) is 0 Å². The molecule has 0 aliphatic heterocycles. The summed E-state index contributed by atoms with van der Waals surface area (Å²) in [6.07, 6.45) is 15.3. The molecular formula is C14H18S. The van der Waals surface area contributed by atoms with Gasteiger partial charge in [-0.05, 0) is 36.6 Å². The lowest BCUT2D eigenvalue weighted by atomic mass is 10.1. The number of thiophene rings is 1. The summed E-state index contributed by atoms with van der Waals surface area (Å²) in [7, 11) is 0. The third kappa shape index (κ3) is 3.35. The van der Waals surface area contributed by atoms with E-state index < -0.39 is 0 Å². The highest BCUT2D eigenvalue weighted by Gasteiger charge is 2.16. The fourth-order valence-electron chi connectivity index (χ4n) is 2.13. The van der Waals surface area contributed by atoms with Crippen molar-refractivity contribution < 1.29 is 0 Å². The van der Waals surface area contributed by atoms with E-state index in [0.717, 1.165) is 12.3 Å². The molecule has 0 atom stereocenters. The van der Waals surface area contributed by atoms with Gasteiger partial charge in [-0.25, -0.2) is 0 Å². The SMILES string of the molecule is C1=CCC=C1.c1csc(C2CCCC2)c1. The first-order chi connectivity index (χ1) is 7.47. The fourth-order valence-corrected chi connectivity index (χ4v) is 3.03. The molecule has 1 heterocycles. The Labute approximate surface area is 96.3 Å². The molecule has 0 amide bonds. The van der Waals surface area contributed by atoms with Crippen LogP contribution in [0.25, 0.3) is 0 Å². The quantitative estimate of drug-likeness (QED) is 0.628. The van der Waals surface area contributed by atoms with E-state index in [0.29, 0.717) is 0 Å². The Morgan fingerprint density at radius 1 is 1.07 bits per heavy atom. The van der Waals surface area contributed by atoms with Crippen LogP contribution in [0.4, 0.5) is 0 Å². The smallest absolute Gasteiger partial charge is 0.00761 e. The maximum Gasteiger partial charge on any atom is 0.00761 e. The number of hydrogen-bond donors (Lipinski definition) is 0. The van der Waals surface area contributed by atoms with Crippen LogP contribution in [0, 0.1) is 0 Å². The van der Waals surface area contributed by atoms with Crippen molar-refractivity contribution in [2.24, 2.45) is 0 Å². The molecule has 1 heteroatoms. The molecule has 0 bridgehead atoms. The Morgan fingerprint density at radius 3 is 2.27 bits per heavy atom. The molecule has 0 radical (unpaired) electrons. The average Bonchev–Trinajstić information content (AvgIpc) is 3.06. The molecule has 1 saturated carbocycles. The van der Waals surface area contributed by atoms with Gasteiger partial charge in [0.25, 0.3) is 0 Å². The summed E-state index contributed by atoms with van der Waals surface area (Å²) >= 11 is 1.92. The summed E-state index contributed by atoms with van der Waals surface area (Å²) < 4.78 is 0. The van der Waals surface area contributed by atoms with Gasteiger partial charge in [0, 0.05) is 4.88 Å². The summed E-state index contributed by atoms with van der Waals surface area (Å²) in [5, 5.41) is 2.19. The maximum atomic E-state index is 2.28. The van der Waals surface area contributed by atoms with Gasteiger partial charge in [0.15, 0.2) is 0 Å². The Kier molecular flexibility index (Phi) is 4.22. The first-order valence-corrected chi connectivity index (χ1v) is 6.70.